The quantitative estimate of drug-likeness (QED) is 0.855. The van der Waals surface area contributed by atoms with Crippen molar-refractivity contribution in [3.8, 4) is 0 Å². The zero-order valence-corrected chi connectivity index (χ0v) is 12.5. The van der Waals surface area contributed by atoms with Gasteiger partial charge in [0.1, 0.15) is 0 Å². The van der Waals surface area contributed by atoms with Gasteiger partial charge in [-0.15, -0.1) is 11.8 Å². The first-order chi connectivity index (χ1) is 9.56. The topological polar surface area (TPSA) is 61.4 Å². The van der Waals surface area contributed by atoms with E-state index in [1.54, 1.807) is 0 Å². The minimum Gasteiger partial charge on any atom is -0.355 e. The Balaban J connectivity index is 1.87. The fourth-order valence-electron chi connectivity index (χ4n) is 1.89. The highest BCUT2D eigenvalue weighted by molar-refractivity contribution is 8.01. The van der Waals surface area contributed by atoms with Gasteiger partial charge in [-0.25, -0.2) is 0 Å². The second kappa shape index (κ2) is 6.76. The van der Waals surface area contributed by atoms with Crippen molar-refractivity contribution in [2.75, 3.05) is 32.5 Å². The van der Waals surface area contributed by atoms with Gasteiger partial charge in [0.15, 0.2) is 0 Å². The van der Waals surface area contributed by atoms with Gasteiger partial charge in [-0.2, -0.15) is 0 Å². The summed E-state index contributed by atoms with van der Waals surface area (Å²) in [6.45, 7) is 1.39. The number of likely N-dealkylation sites (N-methyl/N-ethyl adjacent to an activating group) is 1. The Hall–Kier alpha value is -1.53. The number of anilines is 1. The summed E-state index contributed by atoms with van der Waals surface area (Å²) in [4.78, 5) is 26.8. The van der Waals surface area contributed by atoms with Gasteiger partial charge in [-0.1, -0.05) is 12.1 Å². The second-order valence-corrected chi connectivity index (χ2v) is 6.19. The average molecular weight is 293 g/mol. The van der Waals surface area contributed by atoms with Crippen LogP contribution in [0, 0.1) is 0 Å². The molecule has 6 heteroatoms. The zero-order valence-electron chi connectivity index (χ0n) is 11.7. The van der Waals surface area contributed by atoms with E-state index in [-0.39, 0.29) is 23.5 Å². The van der Waals surface area contributed by atoms with Crippen LogP contribution in [0.1, 0.15) is 6.42 Å². The predicted molar refractivity (Wildman–Crippen MR) is 80.9 cm³/mol. The summed E-state index contributed by atoms with van der Waals surface area (Å²) in [5, 5.41) is 5.32. The van der Waals surface area contributed by atoms with Crippen LogP contribution < -0.4 is 10.6 Å². The molecule has 1 aliphatic heterocycles. The summed E-state index contributed by atoms with van der Waals surface area (Å²) in [7, 11) is 3.90. The van der Waals surface area contributed by atoms with Crippen molar-refractivity contribution in [2.45, 2.75) is 16.6 Å². The molecule has 0 aromatic heterocycles. The maximum Gasteiger partial charge on any atom is 0.238 e. The minimum atomic E-state index is -0.357. The van der Waals surface area contributed by atoms with E-state index >= 15 is 0 Å². The van der Waals surface area contributed by atoms with Crippen LogP contribution in [0.25, 0.3) is 0 Å². The van der Waals surface area contributed by atoms with E-state index in [0.29, 0.717) is 6.54 Å². The number of benzene rings is 1. The van der Waals surface area contributed by atoms with Crippen LogP contribution in [0.2, 0.25) is 0 Å². The van der Waals surface area contributed by atoms with Crippen molar-refractivity contribution in [3.63, 3.8) is 0 Å². The molecule has 2 N–H and O–H groups in total. The molecule has 0 saturated heterocycles. The third-order valence-electron chi connectivity index (χ3n) is 2.96. The number of hydrogen-bond donors (Lipinski definition) is 2. The molecule has 1 aromatic rings. The first kappa shape index (κ1) is 14.9. The third kappa shape index (κ3) is 3.98. The number of amides is 2. The molecule has 5 nitrogen and oxygen atoms in total. The fourth-order valence-corrected chi connectivity index (χ4v) is 3.00. The highest BCUT2D eigenvalue weighted by atomic mass is 32.2. The van der Waals surface area contributed by atoms with Gasteiger partial charge in [0, 0.05) is 24.4 Å². The molecule has 0 saturated carbocycles. The van der Waals surface area contributed by atoms with Gasteiger partial charge in [-0.3, -0.25) is 9.59 Å². The molecule has 1 heterocycles. The molecule has 1 aromatic carbocycles. The smallest absolute Gasteiger partial charge is 0.238 e. The lowest BCUT2D eigenvalue weighted by Crippen LogP contribution is -2.37. The Morgan fingerprint density at radius 3 is 2.90 bits per heavy atom. The third-order valence-corrected chi connectivity index (χ3v) is 4.23. The number of carbonyl (C=O) groups excluding carboxylic acids is 2. The van der Waals surface area contributed by atoms with Crippen LogP contribution in [0.4, 0.5) is 5.69 Å². The number of nitrogens with zero attached hydrogens (tertiary/aromatic N) is 1. The molecule has 2 amide bonds. The Kier molecular flexibility index (Phi) is 5.03. The van der Waals surface area contributed by atoms with Gasteiger partial charge in [0.05, 0.1) is 10.9 Å². The molecule has 1 atom stereocenters. The number of fused-ring (bicyclic) bond motifs is 1. The lowest BCUT2D eigenvalue weighted by atomic mass is 10.2. The van der Waals surface area contributed by atoms with Crippen molar-refractivity contribution in [1.82, 2.24) is 10.2 Å². The normalized spacial score (nSPS) is 17.6. The molecular weight excluding hydrogens is 274 g/mol. The largest absolute Gasteiger partial charge is 0.355 e. The van der Waals surface area contributed by atoms with E-state index in [4.69, 9.17) is 0 Å². The average Bonchev–Trinajstić information content (AvgIpc) is 2.39. The van der Waals surface area contributed by atoms with Crippen molar-refractivity contribution in [3.05, 3.63) is 24.3 Å². The SMILES string of the molecule is CN(C)CCNC(=O)C[C@@H]1Sc2ccccc2NC1=O. The number of hydrogen-bond acceptors (Lipinski definition) is 4. The van der Waals surface area contributed by atoms with E-state index in [0.717, 1.165) is 17.1 Å². The first-order valence-corrected chi connectivity index (χ1v) is 7.42. The van der Waals surface area contributed by atoms with Crippen LogP contribution in [0.15, 0.2) is 29.2 Å². The molecule has 20 heavy (non-hydrogen) atoms. The van der Waals surface area contributed by atoms with Crippen molar-refractivity contribution in [2.24, 2.45) is 0 Å². The number of rotatable bonds is 5. The molecule has 0 fully saturated rings. The molecule has 0 aliphatic carbocycles. The number of para-hydroxylation sites is 1. The molecule has 2 rings (SSSR count). The first-order valence-electron chi connectivity index (χ1n) is 6.54. The number of nitrogens with one attached hydrogen (secondary N) is 2. The minimum absolute atomic E-state index is 0.0844. The molecular formula is C14H19N3O2S. The van der Waals surface area contributed by atoms with Gasteiger partial charge < -0.3 is 15.5 Å². The number of carbonyl (C=O) groups is 2. The lowest BCUT2D eigenvalue weighted by molar-refractivity contribution is -0.124. The summed E-state index contributed by atoms with van der Waals surface area (Å²) >= 11 is 1.45. The number of thioether (sulfide) groups is 1. The van der Waals surface area contributed by atoms with Crippen LogP contribution in [-0.2, 0) is 9.59 Å². The van der Waals surface area contributed by atoms with Gasteiger partial charge in [0.2, 0.25) is 11.8 Å². The summed E-state index contributed by atoms with van der Waals surface area (Å²) in [5.74, 6) is -0.185. The maximum atomic E-state index is 12.0. The van der Waals surface area contributed by atoms with E-state index in [1.807, 2.05) is 43.3 Å². The van der Waals surface area contributed by atoms with E-state index < -0.39 is 0 Å². The maximum absolute atomic E-state index is 12.0. The molecule has 0 spiro atoms. The summed E-state index contributed by atoms with van der Waals surface area (Å²) in [5.41, 5.74) is 0.826. The Labute approximate surface area is 123 Å². The molecule has 0 unspecified atom stereocenters. The molecule has 0 bridgehead atoms. The van der Waals surface area contributed by atoms with Crippen molar-refractivity contribution in [1.29, 1.82) is 0 Å². The monoisotopic (exact) mass is 293 g/mol. The van der Waals surface area contributed by atoms with Gasteiger partial charge >= 0.3 is 0 Å². The highest BCUT2D eigenvalue weighted by Gasteiger charge is 2.28. The van der Waals surface area contributed by atoms with Crippen LogP contribution in [0.3, 0.4) is 0 Å². The van der Waals surface area contributed by atoms with E-state index in [1.165, 1.54) is 11.8 Å². The van der Waals surface area contributed by atoms with Crippen LogP contribution in [-0.4, -0.2) is 49.1 Å². The van der Waals surface area contributed by atoms with Crippen molar-refractivity contribution >= 4 is 29.3 Å². The van der Waals surface area contributed by atoms with E-state index in [2.05, 4.69) is 10.6 Å². The van der Waals surface area contributed by atoms with Crippen LogP contribution in [0.5, 0.6) is 0 Å². The zero-order chi connectivity index (χ0) is 14.5. The predicted octanol–water partition coefficient (Wildman–Crippen LogP) is 1.17. The molecule has 1 aliphatic rings. The Morgan fingerprint density at radius 1 is 1.40 bits per heavy atom. The highest BCUT2D eigenvalue weighted by Crippen LogP contribution is 2.36. The van der Waals surface area contributed by atoms with Gasteiger partial charge in [-0.05, 0) is 26.2 Å². The Morgan fingerprint density at radius 2 is 2.15 bits per heavy atom. The van der Waals surface area contributed by atoms with Gasteiger partial charge in [0.25, 0.3) is 0 Å². The van der Waals surface area contributed by atoms with Crippen molar-refractivity contribution < 1.29 is 9.59 Å². The Bertz CT molecular complexity index is 505. The summed E-state index contributed by atoms with van der Waals surface area (Å²) in [6, 6.07) is 7.63. The standard InChI is InChI=1S/C14H19N3O2S/c1-17(2)8-7-15-13(18)9-12-14(19)16-10-5-3-4-6-11(10)20-12/h3-6,12H,7-9H2,1-2H3,(H,15,18)(H,16,19)/t12-/m0/s1. The second-order valence-electron chi connectivity index (χ2n) is 4.95. The van der Waals surface area contributed by atoms with E-state index in [9.17, 15) is 9.59 Å². The molecule has 108 valence electrons. The van der Waals surface area contributed by atoms with Crippen LogP contribution >= 0.6 is 11.8 Å². The fraction of sp³-hybridized carbons (Fsp3) is 0.429. The molecule has 0 radical (unpaired) electrons. The summed E-state index contributed by atoms with van der Waals surface area (Å²) < 4.78 is 0. The lowest BCUT2D eigenvalue weighted by Gasteiger charge is -2.23. The summed E-state index contributed by atoms with van der Waals surface area (Å²) in [6.07, 6.45) is 0.207.